The highest BCUT2D eigenvalue weighted by Gasteiger charge is 2.25. The average Bonchev–Trinajstić information content (AvgIpc) is 3.07. The van der Waals surface area contributed by atoms with Gasteiger partial charge in [0.1, 0.15) is 12.3 Å². The lowest BCUT2D eigenvalue weighted by atomic mass is 9.92. The van der Waals surface area contributed by atoms with Crippen molar-refractivity contribution in [3.8, 4) is 5.75 Å². The summed E-state index contributed by atoms with van der Waals surface area (Å²) in [5.41, 5.74) is 1.07. The number of fused-ring (bicyclic) bond motifs is 1. The minimum Gasteiger partial charge on any atom is -0.497 e. The smallest absolute Gasteiger partial charge is 0.350 e. The molecule has 0 unspecified atom stereocenters. The summed E-state index contributed by atoms with van der Waals surface area (Å²) < 4.78 is 7.79. The van der Waals surface area contributed by atoms with Gasteiger partial charge in [0, 0.05) is 32.0 Å². The van der Waals surface area contributed by atoms with E-state index in [4.69, 9.17) is 4.74 Å². The monoisotopic (exact) mass is 424 g/mol. The fourth-order valence-electron chi connectivity index (χ4n) is 4.23. The van der Waals surface area contributed by atoms with E-state index in [1.807, 2.05) is 24.3 Å². The number of aromatic nitrogens is 4. The molecule has 1 fully saturated rings. The molecule has 1 aliphatic heterocycles. The number of hydrogen-bond donors (Lipinski definition) is 1. The minimum absolute atomic E-state index is 0.150. The first-order chi connectivity index (χ1) is 14.9. The zero-order chi connectivity index (χ0) is 22.0. The van der Waals surface area contributed by atoms with Crippen molar-refractivity contribution in [2.45, 2.75) is 33.4 Å². The van der Waals surface area contributed by atoms with E-state index in [1.165, 1.54) is 15.5 Å². The number of nitrogens with one attached hydrogen (secondary N) is 1. The number of ether oxygens (including phenoxy) is 1. The van der Waals surface area contributed by atoms with E-state index in [2.05, 4.69) is 34.1 Å². The van der Waals surface area contributed by atoms with Crippen LogP contribution in [0.5, 0.6) is 5.75 Å². The normalized spacial score (nSPS) is 18.9. The molecule has 2 aromatic heterocycles. The maximum Gasteiger partial charge on any atom is 0.350 e. The number of methoxy groups -OCH3 is 1. The summed E-state index contributed by atoms with van der Waals surface area (Å²) in [4.78, 5) is 31.9. The predicted octanol–water partition coefficient (Wildman–Crippen LogP) is 1.70. The van der Waals surface area contributed by atoms with Gasteiger partial charge in [0.05, 0.1) is 7.11 Å². The van der Waals surface area contributed by atoms with Crippen LogP contribution < -0.4 is 20.6 Å². The molecule has 1 saturated heterocycles. The number of amides is 1. The number of anilines is 1. The Balaban J connectivity index is 1.49. The second kappa shape index (κ2) is 8.79. The van der Waals surface area contributed by atoms with E-state index in [9.17, 15) is 9.59 Å². The van der Waals surface area contributed by atoms with Gasteiger partial charge in [-0.25, -0.2) is 18.9 Å². The van der Waals surface area contributed by atoms with Gasteiger partial charge in [-0.2, -0.15) is 0 Å². The molecular formula is C22H28N6O3. The fourth-order valence-corrected chi connectivity index (χ4v) is 4.23. The molecule has 1 N–H and O–H groups in total. The zero-order valence-electron chi connectivity index (χ0n) is 18.1. The Morgan fingerprint density at radius 1 is 1.19 bits per heavy atom. The summed E-state index contributed by atoms with van der Waals surface area (Å²) in [7, 11) is 1.61. The molecule has 1 aliphatic rings. The summed E-state index contributed by atoms with van der Waals surface area (Å²) in [6, 6.07) is 7.44. The number of piperidine rings is 1. The first kappa shape index (κ1) is 20.9. The molecule has 0 radical (unpaired) electrons. The van der Waals surface area contributed by atoms with Crippen LogP contribution in [0.2, 0.25) is 0 Å². The van der Waals surface area contributed by atoms with Crippen LogP contribution in [0, 0.1) is 11.8 Å². The van der Waals surface area contributed by atoms with Crippen molar-refractivity contribution in [1.82, 2.24) is 24.5 Å². The number of rotatable bonds is 6. The van der Waals surface area contributed by atoms with E-state index in [1.54, 1.807) is 19.5 Å². The van der Waals surface area contributed by atoms with Gasteiger partial charge < -0.3 is 15.0 Å². The largest absolute Gasteiger partial charge is 0.497 e. The van der Waals surface area contributed by atoms with Gasteiger partial charge in [-0.3, -0.25) is 4.79 Å². The third-order valence-corrected chi connectivity index (χ3v) is 5.59. The number of carbonyl (C=O) groups is 1. The Hall–Kier alpha value is -3.36. The lowest BCUT2D eigenvalue weighted by Crippen LogP contribution is -2.39. The van der Waals surface area contributed by atoms with Crippen molar-refractivity contribution >= 4 is 17.4 Å². The summed E-state index contributed by atoms with van der Waals surface area (Å²) >= 11 is 0. The molecule has 1 aromatic carbocycles. The van der Waals surface area contributed by atoms with E-state index in [0.29, 0.717) is 29.8 Å². The van der Waals surface area contributed by atoms with Crippen LogP contribution in [0.3, 0.4) is 0 Å². The third kappa shape index (κ3) is 4.55. The number of carbonyl (C=O) groups excluding carboxylic acids is 1. The Morgan fingerprint density at radius 2 is 1.90 bits per heavy atom. The first-order valence-electron chi connectivity index (χ1n) is 10.5. The Morgan fingerprint density at radius 3 is 2.58 bits per heavy atom. The maximum absolute atomic E-state index is 12.8. The van der Waals surface area contributed by atoms with Crippen molar-refractivity contribution < 1.29 is 9.53 Å². The van der Waals surface area contributed by atoms with Crippen LogP contribution in [-0.4, -0.2) is 45.3 Å². The van der Waals surface area contributed by atoms with Gasteiger partial charge in [-0.15, -0.1) is 5.10 Å². The number of benzene rings is 1. The lowest BCUT2D eigenvalue weighted by Gasteiger charge is -2.35. The molecular weight excluding hydrogens is 396 g/mol. The van der Waals surface area contributed by atoms with Gasteiger partial charge in [0.25, 0.3) is 0 Å². The number of nitrogens with zero attached hydrogens (tertiary/aromatic N) is 5. The summed E-state index contributed by atoms with van der Waals surface area (Å²) in [5.74, 6) is 2.26. The quantitative estimate of drug-likeness (QED) is 0.647. The van der Waals surface area contributed by atoms with Crippen molar-refractivity contribution in [2.24, 2.45) is 11.8 Å². The molecule has 9 nitrogen and oxygen atoms in total. The SMILES string of the molecule is COc1ccc(CNC(=O)Cn2nc3c(N4C[C@@H](C)C[C@H](C)C4)nccn3c2=O)cc1. The highest BCUT2D eigenvalue weighted by atomic mass is 16.5. The Kier molecular flexibility index (Phi) is 5.92. The highest BCUT2D eigenvalue weighted by molar-refractivity contribution is 5.75. The molecule has 2 atom stereocenters. The topological polar surface area (TPSA) is 93.8 Å². The van der Waals surface area contributed by atoms with Crippen LogP contribution >= 0.6 is 0 Å². The molecule has 0 saturated carbocycles. The van der Waals surface area contributed by atoms with Crippen LogP contribution in [0.4, 0.5) is 5.82 Å². The molecule has 0 spiro atoms. The predicted molar refractivity (Wildman–Crippen MR) is 117 cm³/mol. The van der Waals surface area contributed by atoms with Crippen LogP contribution in [0.1, 0.15) is 25.8 Å². The second-order valence-electron chi connectivity index (χ2n) is 8.36. The molecule has 9 heteroatoms. The summed E-state index contributed by atoms with van der Waals surface area (Å²) in [6.07, 6.45) is 4.38. The standard InChI is InChI=1S/C22H28N6O3/c1-15-10-16(2)13-26(12-15)20-21-25-28(22(30)27(21)9-8-23-20)14-19(29)24-11-17-4-6-18(31-3)7-5-17/h4-9,15-16H,10-14H2,1-3H3,(H,24,29)/t15-,16-/m0/s1. The minimum atomic E-state index is -0.351. The van der Waals surface area contributed by atoms with E-state index >= 15 is 0 Å². The Bertz CT molecular complexity index is 1110. The number of hydrogen-bond acceptors (Lipinski definition) is 6. The van der Waals surface area contributed by atoms with Crippen molar-refractivity contribution in [1.29, 1.82) is 0 Å². The molecule has 0 bridgehead atoms. The van der Waals surface area contributed by atoms with E-state index in [-0.39, 0.29) is 18.1 Å². The van der Waals surface area contributed by atoms with Gasteiger partial charge >= 0.3 is 5.69 Å². The first-order valence-corrected chi connectivity index (χ1v) is 10.5. The molecule has 4 rings (SSSR count). The molecule has 31 heavy (non-hydrogen) atoms. The summed E-state index contributed by atoms with van der Waals surface area (Å²) in [5, 5.41) is 7.27. The van der Waals surface area contributed by atoms with Crippen LogP contribution in [0.15, 0.2) is 41.5 Å². The maximum atomic E-state index is 12.8. The van der Waals surface area contributed by atoms with Crippen molar-refractivity contribution in [3.05, 3.63) is 52.7 Å². The van der Waals surface area contributed by atoms with Gasteiger partial charge in [-0.05, 0) is 36.0 Å². The van der Waals surface area contributed by atoms with E-state index < -0.39 is 0 Å². The summed E-state index contributed by atoms with van der Waals surface area (Å²) in [6.45, 7) is 6.41. The molecule has 0 aliphatic carbocycles. The van der Waals surface area contributed by atoms with Gasteiger partial charge in [0.15, 0.2) is 5.82 Å². The lowest BCUT2D eigenvalue weighted by molar-refractivity contribution is -0.122. The highest BCUT2D eigenvalue weighted by Crippen LogP contribution is 2.26. The molecule has 3 heterocycles. The Labute approximate surface area is 180 Å². The van der Waals surface area contributed by atoms with Crippen LogP contribution in [0.25, 0.3) is 5.65 Å². The molecule has 164 valence electrons. The van der Waals surface area contributed by atoms with E-state index in [0.717, 1.165) is 24.4 Å². The molecule has 1 amide bonds. The van der Waals surface area contributed by atoms with Gasteiger partial charge in [-0.1, -0.05) is 26.0 Å². The zero-order valence-corrected chi connectivity index (χ0v) is 18.1. The second-order valence-corrected chi connectivity index (χ2v) is 8.36. The average molecular weight is 425 g/mol. The van der Waals surface area contributed by atoms with Crippen LogP contribution in [-0.2, 0) is 17.9 Å². The van der Waals surface area contributed by atoms with Crippen molar-refractivity contribution in [2.75, 3.05) is 25.1 Å². The molecule has 3 aromatic rings. The van der Waals surface area contributed by atoms with Crippen molar-refractivity contribution in [3.63, 3.8) is 0 Å². The third-order valence-electron chi connectivity index (χ3n) is 5.59. The fraction of sp³-hybridized carbons (Fsp3) is 0.455. The van der Waals surface area contributed by atoms with Gasteiger partial charge in [0.2, 0.25) is 11.6 Å².